The molecule has 0 saturated heterocycles. The van der Waals surface area contributed by atoms with E-state index < -0.39 is 6.10 Å². The molecule has 13 heavy (non-hydrogen) atoms. The maximum atomic E-state index is 10.2. The lowest BCUT2D eigenvalue weighted by molar-refractivity contribution is 0.278. The van der Waals surface area contributed by atoms with Crippen LogP contribution >= 0.6 is 23.2 Å². The summed E-state index contributed by atoms with van der Waals surface area (Å²) >= 11 is 11.4. The first kappa shape index (κ1) is 10.4. The van der Waals surface area contributed by atoms with Crippen LogP contribution in [0.1, 0.15) is 6.92 Å². The fraction of sp³-hybridized carbons (Fsp3) is 0.222. The van der Waals surface area contributed by atoms with Crippen LogP contribution in [-0.2, 0) is 4.79 Å². The van der Waals surface area contributed by atoms with Gasteiger partial charge in [-0.25, -0.2) is 0 Å². The van der Waals surface area contributed by atoms with Crippen molar-refractivity contribution in [3.63, 3.8) is 0 Å². The summed E-state index contributed by atoms with van der Waals surface area (Å²) < 4.78 is 5.13. The highest BCUT2D eigenvalue weighted by Crippen LogP contribution is 2.24. The molecule has 0 amide bonds. The molecule has 1 aromatic carbocycles. The molecule has 1 unspecified atom stereocenters. The minimum Gasteiger partial charge on any atom is -0.482 e. The summed E-state index contributed by atoms with van der Waals surface area (Å²) in [6, 6.07) is 4.76. The lowest BCUT2D eigenvalue weighted by Gasteiger charge is -2.08. The van der Waals surface area contributed by atoms with Gasteiger partial charge in [-0.3, -0.25) is 4.79 Å². The third kappa shape index (κ3) is 3.25. The molecular formula is C9H7Cl2O2. The predicted octanol–water partition coefficient (Wildman–Crippen LogP) is 2.87. The van der Waals surface area contributed by atoms with Crippen LogP contribution in [0.3, 0.4) is 0 Å². The first-order valence-corrected chi connectivity index (χ1v) is 4.38. The Balaban J connectivity index is 2.82. The molecule has 0 aliphatic heterocycles. The molecule has 0 fully saturated rings. The molecule has 1 atom stereocenters. The quantitative estimate of drug-likeness (QED) is 0.779. The number of hydrogen-bond donors (Lipinski definition) is 0. The maximum Gasteiger partial charge on any atom is 0.242 e. The van der Waals surface area contributed by atoms with E-state index in [2.05, 4.69) is 0 Å². The van der Waals surface area contributed by atoms with Crippen molar-refractivity contribution in [2.75, 3.05) is 0 Å². The second-order valence-corrected chi connectivity index (χ2v) is 3.36. The van der Waals surface area contributed by atoms with E-state index in [0.717, 1.165) is 0 Å². The molecule has 0 heterocycles. The third-order valence-corrected chi connectivity index (χ3v) is 1.75. The van der Waals surface area contributed by atoms with Gasteiger partial charge in [0.25, 0.3) is 0 Å². The molecule has 2 nitrogen and oxygen atoms in total. The lowest BCUT2D eigenvalue weighted by Crippen LogP contribution is -2.12. The van der Waals surface area contributed by atoms with Crippen molar-refractivity contribution in [2.45, 2.75) is 13.0 Å². The number of halogens is 2. The SMILES string of the molecule is CC([C]=O)Oc1cc(Cl)cc(Cl)c1. The first-order valence-electron chi connectivity index (χ1n) is 3.62. The Morgan fingerprint density at radius 3 is 2.31 bits per heavy atom. The maximum absolute atomic E-state index is 10.2. The predicted molar refractivity (Wildman–Crippen MR) is 52.2 cm³/mol. The first-order chi connectivity index (χ1) is 6.11. The zero-order chi connectivity index (χ0) is 9.84. The molecule has 69 valence electrons. The van der Waals surface area contributed by atoms with Gasteiger partial charge >= 0.3 is 0 Å². The van der Waals surface area contributed by atoms with E-state index in [0.29, 0.717) is 15.8 Å². The van der Waals surface area contributed by atoms with Gasteiger partial charge in [-0.05, 0) is 25.1 Å². The van der Waals surface area contributed by atoms with Crippen molar-refractivity contribution < 1.29 is 9.53 Å². The highest BCUT2D eigenvalue weighted by molar-refractivity contribution is 6.34. The van der Waals surface area contributed by atoms with Crippen molar-refractivity contribution in [1.29, 1.82) is 0 Å². The van der Waals surface area contributed by atoms with Crippen LogP contribution in [-0.4, -0.2) is 12.4 Å². The van der Waals surface area contributed by atoms with Crippen LogP contribution in [0.25, 0.3) is 0 Å². The van der Waals surface area contributed by atoms with Crippen LogP contribution in [0.4, 0.5) is 0 Å². The summed E-state index contributed by atoms with van der Waals surface area (Å²) in [4.78, 5) is 10.2. The normalized spacial score (nSPS) is 12.2. The van der Waals surface area contributed by atoms with Gasteiger partial charge in [0, 0.05) is 10.0 Å². The van der Waals surface area contributed by atoms with Crippen molar-refractivity contribution in [3.8, 4) is 5.75 Å². The molecule has 0 aliphatic carbocycles. The largest absolute Gasteiger partial charge is 0.482 e. The summed E-state index contributed by atoms with van der Waals surface area (Å²) in [5.74, 6) is 0.466. The van der Waals surface area contributed by atoms with Crippen LogP contribution < -0.4 is 4.74 Å². The minimum atomic E-state index is -0.616. The Morgan fingerprint density at radius 1 is 1.31 bits per heavy atom. The Morgan fingerprint density at radius 2 is 1.85 bits per heavy atom. The van der Waals surface area contributed by atoms with Crippen LogP contribution in [0.15, 0.2) is 18.2 Å². The van der Waals surface area contributed by atoms with Gasteiger partial charge in [0.05, 0.1) is 0 Å². The number of rotatable bonds is 3. The minimum absolute atomic E-state index is 0.466. The van der Waals surface area contributed by atoms with Gasteiger partial charge in [0.2, 0.25) is 6.29 Å². The van der Waals surface area contributed by atoms with E-state index in [9.17, 15) is 4.79 Å². The molecule has 4 heteroatoms. The number of hydrogen-bond acceptors (Lipinski definition) is 2. The number of benzene rings is 1. The second kappa shape index (κ2) is 4.49. The van der Waals surface area contributed by atoms with Gasteiger partial charge < -0.3 is 4.74 Å². The van der Waals surface area contributed by atoms with E-state index in [4.69, 9.17) is 27.9 Å². The highest BCUT2D eigenvalue weighted by Gasteiger charge is 2.04. The summed E-state index contributed by atoms with van der Waals surface area (Å²) in [6.07, 6.45) is 1.08. The van der Waals surface area contributed by atoms with Crippen LogP contribution in [0.2, 0.25) is 10.0 Å². The van der Waals surface area contributed by atoms with Gasteiger partial charge in [-0.2, -0.15) is 0 Å². The van der Waals surface area contributed by atoms with E-state index in [-0.39, 0.29) is 0 Å². The van der Waals surface area contributed by atoms with Gasteiger partial charge in [-0.15, -0.1) is 0 Å². The zero-order valence-corrected chi connectivity index (χ0v) is 8.39. The van der Waals surface area contributed by atoms with E-state index in [1.807, 2.05) is 0 Å². The molecule has 0 aliphatic rings. The molecule has 0 N–H and O–H groups in total. The Hall–Kier alpha value is -0.730. The van der Waals surface area contributed by atoms with Crippen molar-refractivity contribution >= 4 is 29.5 Å². The average Bonchev–Trinajstić information content (AvgIpc) is 2.02. The Bertz CT molecular complexity index is 292. The molecule has 0 aromatic heterocycles. The third-order valence-electron chi connectivity index (χ3n) is 1.31. The molecule has 0 spiro atoms. The van der Waals surface area contributed by atoms with Crippen molar-refractivity contribution in [1.82, 2.24) is 0 Å². The van der Waals surface area contributed by atoms with E-state index in [1.165, 1.54) is 0 Å². The molecule has 1 rings (SSSR count). The van der Waals surface area contributed by atoms with E-state index >= 15 is 0 Å². The number of carbonyl (C=O) groups excluding carboxylic acids is 1. The molecule has 0 bridgehead atoms. The smallest absolute Gasteiger partial charge is 0.242 e. The van der Waals surface area contributed by atoms with Gasteiger partial charge in [0.1, 0.15) is 5.75 Å². The summed E-state index contributed by atoms with van der Waals surface area (Å²) in [5.41, 5.74) is 0. The number of ether oxygens (including phenoxy) is 1. The molecular weight excluding hydrogens is 211 g/mol. The second-order valence-electron chi connectivity index (χ2n) is 2.48. The molecule has 0 saturated carbocycles. The van der Waals surface area contributed by atoms with E-state index in [1.54, 1.807) is 31.4 Å². The van der Waals surface area contributed by atoms with Crippen molar-refractivity contribution in [2.24, 2.45) is 0 Å². The monoisotopic (exact) mass is 217 g/mol. The molecule has 1 aromatic rings. The van der Waals surface area contributed by atoms with Crippen molar-refractivity contribution in [3.05, 3.63) is 28.2 Å². The van der Waals surface area contributed by atoms with Gasteiger partial charge in [-0.1, -0.05) is 23.2 Å². The zero-order valence-electron chi connectivity index (χ0n) is 6.88. The highest BCUT2D eigenvalue weighted by atomic mass is 35.5. The van der Waals surface area contributed by atoms with Crippen LogP contribution in [0.5, 0.6) is 5.75 Å². The fourth-order valence-corrected chi connectivity index (χ4v) is 1.33. The molecule has 1 radical (unpaired) electrons. The lowest BCUT2D eigenvalue weighted by atomic mass is 10.3. The summed E-state index contributed by atoms with van der Waals surface area (Å²) in [6.45, 7) is 1.59. The van der Waals surface area contributed by atoms with Crippen LogP contribution in [0, 0.1) is 0 Å². The fourth-order valence-electron chi connectivity index (χ4n) is 0.825. The average molecular weight is 218 g/mol. The topological polar surface area (TPSA) is 26.3 Å². The Labute approximate surface area is 86.4 Å². The standard InChI is InChI=1S/C9H7Cl2O2/c1-6(5-12)13-9-3-7(10)2-8(11)4-9/h2-4,6H,1H3. The van der Waals surface area contributed by atoms with Gasteiger partial charge in [0.15, 0.2) is 6.10 Å². The summed E-state index contributed by atoms with van der Waals surface area (Å²) in [7, 11) is 0. The Kier molecular flexibility index (Phi) is 3.58. The summed E-state index contributed by atoms with van der Waals surface area (Å²) in [5, 5.41) is 0.946.